The monoisotopic (exact) mass is 619 g/mol. The summed E-state index contributed by atoms with van der Waals surface area (Å²) in [6, 6.07) is 19.9. The van der Waals surface area contributed by atoms with E-state index in [0.717, 1.165) is 29.0 Å². The van der Waals surface area contributed by atoms with Crippen molar-refractivity contribution in [3.63, 3.8) is 0 Å². The SMILES string of the molecule is CCCCNC(=O)[C@H](Cc1ccccc1)N(Cc1ccc(Cl)c(Cl)c1)C(=O)CN(c1ccccc1OC)S(C)(=O)=O. The quantitative estimate of drug-likeness (QED) is 0.246. The fraction of sp³-hybridized carbons (Fsp3) is 0.333. The second-order valence-corrected chi connectivity index (χ2v) is 12.3. The number of para-hydroxylation sites is 2. The molecule has 8 nitrogen and oxygen atoms in total. The molecule has 3 aromatic rings. The molecule has 1 atom stereocenters. The van der Waals surface area contributed by atoms with Gasteiger partial charge in [0.15, 0.2) is 0 Å². The van der Waals surface area contributed by atoms with Crippen LogP contribution in [0.4, 0.5) is 5.69 Å². The molecule has 11 heteroatoms. The lowest BCUT2D eigenvalue weighted by Crippen LogP contribution is -2.53. The average Bonchev–Trinajstić information content (AvgIpc) is 2.95. The fourth-order valence-corrected chi connectivity index (χ4v) is 5.50. The van der Waals surface area contributed by atoms with Crippen molar-refractivity contribution in [1.29, 1.82) is 0 Å². The molecular weight excluding hydrogens is 585 g/mol. The number of unbranched alkanes of at least 4 members (excludes halogenated alkanes) is 1. The van der Waals surface area contributed by atoms with Gasteiger partial charge in [-0.25, -0.2) is 8.42 Å². The van der Waals surface area contributed by atoms with E-state index < -0.39 is 28.5 Å². The maximum atomic E-state index is 14.1. The lowest BCUT2D eigenvalue weighted by Gasteiger charge is -2.33. The minimum absolute atomic E-state index is 0.00204. The first-order valence-corrected chi connectivity index (χ1v) is 15.8. The molecule has 2 amide bonds. The van der Waals surface area contributed by atoms with Crippen LogP contribution in [0.2, 0.25) is 10.0 Å². The highest BCUT2D eigenvalue weighted by Gasteiger charge is 2.33. The van der Waals surface area contributed by atoms with Gasteiger partial charge in [-0.3, -0.25) is 13.9 Å². The van der Waals surface area contributed by atoms with Crippen molar-refractivity contribution >= 4 is 50.7 Å². The van der Waals surface area contributed by atoms with Crippen molar-refractivity contribution in [2.75, 3.05) is 30.8 Å². The second kappa shape index (κ2) is 15.1. The molecule has 0 aliphatic carbocycles. The Morgan fingerprint density at radius 2 is 1.63 bits per heavy atom. The summed E-state index contributed by atoms with van der Waals surface area (Å²) in [6.45, 7) is 1.92. The Balaban J connectivity index is 2.07. The van der Waals surface area contributed by atoms with E-state index >= 15 is 0 Å². The van der Waals surface area contributed by atoms with Crippen LogP contribution in [0, 0.1) is 0 Å². The van der Waals surface area contributed by atoms with E-state index in [2.05, 4.69) is 5.32 Å². The molecule has 3 rings (SSSR count). The zero-order valence-electron chi connectivity index (χ0n) is 23.3. The van der Waals surface area contributed by atoms with Gasteiger partial charge in [0.2, 0.25) is 21.8 Å². The van der Waals surface area contributed by atoms with Crippen molar-refractivity contribution in [2.45, 2.75) is 38.8 Å². The molecule has 0 saturated heterocycles. The minimum atomic E-state index is -3.92. The molecule has 0 unspecified atom stereocenters. The molecular formula is C30H35Cl2N3O5S. The van der Waals surface area contributed by atoms with E-state index in [1.807, 2.05) is 37.3 Å². The number of halogens is 2. The van der Waals surface area contributed by atoms with Gasteiger partial charge in [-0.2, -0.15) is 0 Å². The number of sulfonamides is 1. The summed E-state index contributed by atoms with van der Waals surface area (Å²) < 4.78 is 32.3. The second-order valence-electron chi connectivity index (χ2n) is 9.56. The van der Waals surface area contributed by atoms with Gasteiger partial charge in [0.25, 0.3) is 0 Å². The van der Waals surface area contributed by atoms with E-state index in [1.165, 1.54) is 12.0 Å². The molecule has 0 spiro atoms. The summed E-state index contributed by atoms with van der Waals surface area (Å²) in [5.41, 5.74) is 1.70. The number of ether oxygens (including phenoxy) is 1. The van der Waals surface area contributed by atoms with E-state index in [1.54, 1.807) is 42.5 Å². The number of rotatable bonds is 14. The number of carbonyl (C=O) groups excluding carboxylic acids is 2. The topological polar surface area (TPSA) is 96.0 Å². The summed E-state index contributed by atoms with van der Waals surface area (Å²) in [5, 5.41) is 3.60. The van der Waals surface area contributed by atoms with Crippen LogP contribution < -0.4 is 14.4 Å². The van der Waals surface area contributed by atoms with Gasteiger partial charge in [-0.15, -0.1) is 0 Å². The third-order valence-corrected chi connectivity index (χ3v) is 8.34. The number of methoxy groups -OCH3 is 1. The molecule has 220 valence electrons. The first-order valence-electron chi connectivity index (χ1n) is 13.2. The standard InChI is InChI=1S/C30H35Cl2N3O5S/c1-4-5-17-33-30(37)27(19-22-11-7-6-8-12-22)34(20-23-15-16-24(31)25(32)18-23)29(36)21-35(41(3,38)39)26-13-9-10-14-28(26)40-2/h6-16,18,27H,4-5,17,19-21H2,1-3H3,(H,33,37)/t27-/m0/s1. The van der Waals surface area contributed by atoms with E-state index in [-0.39, 0.29) is 24.6 Å². The number of nitrogens with zero attached hydrogens (tertiary/aromatic N) is 2. The van der Waals surface area contributed by atoms with Crippen LogP contribution in [-0.4, -0.2) is 57.6 Å². The lowest BCUT2D eigenvalue weighted by atomic mass is 10.0. The predicted octanol–water partition coefficient (Wildman–Crippen LogP) is 5.32. The van der Waals surface area contributed by atoms with Gasteiger partial charge in [0, 0.05) is 19.5 Å². The van der Waals surface area contributed by atoms with Crippen LogP contribution >= 0.6 is 23.2 Å². The Kier molecular flexibility index (Phi) is 11.9. The molecule has 0 aliphatic heterocycles. The van der Waals surface area contributed by atoms with Gasteiger partial charge < -0.3 is 15.0 Å². The molecule has 0 bridgehead atoms. The van der Waals surface area contributed by atoms with Crippen molar-refractivity contribution in [3.05, 3.63) is 94.0 Å². The van der Waals surface area contributed by atoms with Crippen molar-refractivity contribution in [2.24, 2.45) is 0 Å². The smallest absolute Gasteiger partial charge is 0.244 e. The first kappa shape index (κ1) is 32.2. The van der Waals surface area contributed by atoms with E-state index in [4.69, 9.17) is 27.9 Å². The lowest BCUT2D eigenvalue weighted by molar-refractivity contribution is -0.140. The number of benzene rings is 3. The van der Waals surface area contributed by atoms with Crippen LogP contribution in [-0.2, 0) is 32.6 Å². The minimum Gasteiger partial charge on any atom is -0.495 e. The fourth-order valence-electron chi connectivity index (χ4n) is 4.33. The normalized spacial score (nSPS) is 11.9. The van der Waals surface area contributed by atoms with Gasteiger partial charge >= 0.3 is 0 Å². The number of hydrogen-bond donors (Lipinski definition) is 1. The Bertz CT molecular complexity index is 1440. The molecule has 0 aromatic heterocycles. The highest BCUT2D eigenvalue weighted by atomic mass is 35.5. The largest absolute Gasteiger partial charge is 0.495 e. The summed E-state index contributed by atoms with van der Waals surface area (Å²) in [7, 11) is -2.50. The third kappa shape index (κ3) is 9.11. The number of amides is 2. The summed E-state index contributed by atoms with van der Waals surface area (Å²) >= 11 is 12.4. The average molecular weight is 621 g/mol. The Morgan fingerprint density at radius 3 is 2.27 bits per heavy atom. The number of nitrogens with one attached hydrogen (secondary N) is 1. The van der Waals surface area contributed by atoms with Crippen LogP contribution in [0.25, 0.3) is 0 Å². The van der Waals surface area contributed by atoms with Gasteiger partial charge in [-0.05, 0) is 41.8 Å². The summed E-state index contributed by atoms with van der Waals surface area (Å²) in [5.74, 6) is -0.613. The molecule has 0 aliphatic rings. The van der Waals surface area contributed by atoms with Crippen LogP contribution in [0.3, 0.4) is 0 Å². The first-order chi connectivity index (χ1) is 19.5. The Morgan fingerprint density at radius 1 is 0.951 bits per heavy atom. The third-order valence-electron chi connectivity index (χ3n) is 6.47. The number of hydrogen-bond acceptors (Lipinski definition) is 5. The molecule has 1 N–H and O–H groups in total. The van der Waals surface area contributed by atoms with Crippen molar-refractivity contribution < 1.29 is 22.7 Å². The number of anilines is 1. The molecule has 41 heavy (non-hydrogen) atoms. The number of carbonyl (C=O) groups is 2. The predicted molar refractivity (Wildman–Crippen MR) is 164 cm³/mol. The maximum Gasteiger partial charge on any atom is 0.244 e. The molecule has 3 aromatic carbocycles. The van der Waals surface area contributed by atoms with Crippen LogP contribution in [0.15, 0.2) is 72.8 Å². The summed E-state index contributed by atoms with van der Waals surface area (Å²) in [4.78, 5) is 29.2. The van der Waals surface area contributed by atoms with Gasteiger partial charge in [-0.1, -0.05) is 85.1 Å². The Hall–Kier alpha value is -3.27. The van der Waals surface area contributed by atoms with Crippen molar-refractivity contribution in [1.82, 2.24) is 10.2 Å². The molecule has 0 radical (unpaired) electrons. The van der Waals surface area contributed by atoms with Gasteiger partial charge in [0.05, 0.1) is 29.1 Å². The van der Waals surface area contributed by atoms with E-state index in [0.29, 0.717) is 27.9 Å². The highest BCUT2D eigenvalue weighted by molar-refractivity contribution is 7.92. The molecule has 0 saturated carbocycles. The van der Waals surface area contributed by atoms with Crippen LogP contribution in [0.1, 0.15) is 30.9 Å². The zero-order valence-corrected chi connectivity index (χ0v) is 25.7. The summed E-state index contributed by atoms with van der Waals surface area (Å²) in [6.07, 6.45) is 2.91. The zero-order chi connectivity index (χ0) is 30.0. The molecule has 0 fully saturated rings. The van der Waals surface area contributed by atoms with Gasteiger partial charge in [0.1, 0.15) is 18.3 Å². The van der Waals surface area contributed by atoms with Crippen LogP contribution in [0.5, 0.6) is 5.75 Å². The molecule has 0 heterocycles. The van der Waals surface area contributed by atoms with E-state index in [9.17, 15) is 18.0 Å². The van der Waals surface area contributed by atoms with Crippen molar-refractivity contribution in [3.8, 4) is 5.75 Å². The maximum absolute atomic E-state index is 14.1. The Labute approximate surface area is 252 Å². The highest BCUT2D eigenvalue weighted by Crippen LogP contribution is 2.30.